The van der Waals surface area contributed by atoms with Crippen LogP contribution in [0.5, 0.6) is 0 Å². The summed E-state index contributed by atoms with van der Waals surface area (Å²) in [5.41, 5.74) is -0.0131. The summed E-state index contributed by atoms with van der Waals surface area (Å²) >= 11 is 3.31. The molecule has 0 amide bonds. The first-order valence-corrected chi connectivity index (χ1v) is 6.01. The Morgan fingerprint density at radius 1 is 1.56 bits per heavy atom. The first-order chi connectivity index (χ1) is 7.66. The van der Waals surface area contributed by atoms with E-state index in [0.717, 1.165) is 16.6 Å². The molecule has 0 aromatic carbocycles. The molecule has 1 aromatic rings. The highest BCUT2D eigenvalue weighted by molar-refractivity contribution is 9.10. The zero-order valence-corrected chi connectivity index (χ0v) is 10.3. The Labute approximate surface area is 103 Å². The maximum atomic E-state index is 11.7. The van der Waals surface area contributed by atoms with Crippen LogP contribution in [0.3, 0.4) is 0 Å². The second kappa shape index (κ2) is 4.34. The van der Waals surface area contributed by atoms with Crippen molar-refractivity contribution in [1.82, 2.24) is 4.98 Å². The molecular formula is C12H11BrN2O. The number of carbonyl (C=O) groups excluding carboxylic acids is 1. The molecule has 4 heteroatoms. The number of Topliss-reactive ketones (excluding diaryl/α,β-unsaturated/α-hetero) is 1. The van der Waals surface area contributed by atoms with Gasteiger partial charge < -0.3 is 0 Å². The van der Waals surface area contributed by atoms with Crippen LogP contribution < -0.4 is 0 Å². The Balaban J connectivity index is 2.23. The van der Waals surface area contributed by atoms with Crippen molar-refractivity contribution in [3.05, 3.63) is 28.5 Å². The monoisotopic (exact) mass is 278 g/mol. The molecule has 0 spiro atoms. The van der Waals surface area contributed by atoms with Crippen molar-refractivity contribution in [2.24, 2.45) is 5.41 Å². The molecule has 0 bridgehead atoms. The minimum atomic E-state index is -0.819. The molecule has 1 saturated carbocycles. The normalized spacial score (nSPS) is 24.4. The number of ketones is 1. The second-order valence-corrected chi connectivity index (χ2v) is 5.03. The van der Waals surface area contributed by atoms with E-state index in [1.54, 1.807) is 6.20 Å². The molecule has 1 fully saturated rings. The number of nitrogens with zero attached hydrogens (tertiary/aromatic N) is 2. The van der Waals surface area contributed by atoms with Crippen LogP contribution in [-0.2, 0) is 11.2 Å². The number of hydrogen-bond donors (Lipinski definition) is 0. The number of carbonyl (C=O) groups is 1. The highest BCUT2D eigenvalue weighted by Gasteiger charge is 2.42. The molecule has 3 nitrogen and oxygen atoms in total. The number of hydrogen-bond acceptors (Lipinski definition) is 3. The Morgan fingerprint density at radius 3 is 2.88 bits per heavy atom. The van der Waals surface area contributed by atoms with Gasteiger partial charge in [-0.2, -0.15) is 5.26 Å². The Bertz CT molecular complexity index is 449. The van der Waals surface area contributed by atoms with Crippen LogP contribution in [0.25, 0.3) is 0 Å². The molecule has 0 N–H and O–H groups in total. The lowest BCUT2D eigenvalue weighted by atomic mass is 9.82. The van der Waals surface area contributed by atoms with Crippen LogP contribution in [0.2, 0.25) is 0 Å². The highest BCUT2D eigenvalue weighted by Crippen LogP contribution is 2.37. The number of rotatable bonds is 2. The molecule has 1 aliphatic carbocycles. The summed E-state index contributed by atoms with van der Waals surface area (Å²) in [6, 6.07) is 5.93. The number of aromatic nitrogens is 1. The van der Waals surface area contributed by atoms with Gasteiger partial charge in [0.2, 0.25) is 0 Å². The van der Waals surface area contributed by atoms with Gasteiger partial charge in [0.1, 0.15) is 5.41 Å². The smallest absolute Gasteiger partial charge is 0.153 e. The van der Waals surface area contributed by atoms with E-state index < -0.39 is 5.41 Å². The molecule has 1 unspecified atom stereocenters. The van der Waals surface area contributed by atoms with Crippen LogP contribution in [-0.4, -0.2) is 10.8 Å². The molecule has 0 aliphatic heterocycles. The lowest BCUT2D eigenvalue weighted by molar-refractivity contribution is -0.123. The first kappa shape index (κ1) is 11.3. The zero-order chi connectivity index (χ0) is 11.6. The summed E-state index contributed by atoms with van der Waals surface area (Å²) in [5.74, 6) is 0.0692. The summed E-state index contributed by atoms with van der Waals surface area (Å²) in [6.45, 7) is 0. The van der Waals surface area contributed by atoms with E-state index in [9.17, 15) is 10.1 Å². The highest BCUT2D eigenvalue weighted by atomic mass is 79.9. The fraction of sp³-hybridized carbons (Fsp3) is 0.417. The molecule has 16 heavy (non-hydrogen) atoms. The molecule has 0 radical (unpaired) electrons. The fourth-order valence-corrected chi connectivity index (χ4v) is 2.33. The van der Waals surface area contributed by atoms with E-state index in [2.05, 4.69) is 27.0 Å². The molecule has 1 atom stereocenters. The Morgan fingerprint density at radius 2 is 2.38 bits per heavy atom. The largest absolute Gasteiger partial charge is 0.298 e. The molecule has 82 valence electrons. The van der Waals surface area contributed by atoms with Gasteiger partial charge in [0.25, 0.3) is 0 Å². The SMILES string of the molecule is N#CC1(Cc2ccc(Br)cn2)CCCC1=O. The molecule has 0 saturated heterocycles. The van der Waals surface area contributed by atoms with Gasteiger partial charge in [0.05, 0.1) is 6.07 Å². The third-order valence-corrected chi connectivity index (χ3v) is 3.50. The molecule has 1 aromatic heterocycles. The van der Waals surface area contributed by atoms with Crippen LogP contribution in [0.15, 0.2) is 22.8 Å². The number of nitriles is 1. The Kier molecular flexibility index (Phi) is 3.06. The number of pyridine rings is 1. The lowest BCUT2D eigenvalue weighted by Gasteiger charge is -2.17. The van der Waals surface area contributed by atoms with Crippen molar-refractivity contribution in [2.45, 2.75) is 25.7 Å². The van der Waals surface area contributed by atoms with Crippen LogP contribution >= 0.6 is 15.9 Å². The third kappa shape index (κ3) is 2.00. The molecule has 1 aliphatic rings. The van der Waals surface area contributed by atoms with Crippen molar-refractivity contribution >= 4 is 21.7 Å². The zero-order valence-electron chi connectivity index (χ0n) is 8.74. The standard InChI is InChI=1S/C12H11BrN2O/c13-9-3-4-10(15-7-9)6-12(8-14)5-1-2-11(12)16/h3-4,7H,1-2,5-6H2. The predicted octanol–water partition coefficient (Wildman–Crippen LogP) is 2.65. The number of halogens is 1. The van der Waals surface area contributed by atoms with E-state index in [1.807, 2.05) is 12.1 Å². The van der Waals surface area contributed by atoms with E-state index in [4.69, 9.17) is 0 Å². The van der Waals surface area contributed by atoms with Gasteiger partial charge in [0, 0.05) is 29.2 Å². The van der Waals surface area contributed by atoms with Gasteiger partial charge >= 0.3 is 0 Å². The van der Waals surface area contributed by atoms with Crippen molar-refractivity contribution < 1.29 is 4.79 Å². The lowest BCUT2D eigenvalue weighted by Crippen LogP contribution is -2.26. The summed E-state index contributed by atoms with van der Waals surface area (Å²) in [6.07, 6.45) is 4.16. The summed E-state index contributed by atoms with van der Waals surface area (Å²) in [5, 5.41) is 9.19. The van der Waals surface area contributed by atoms with Gasteiger partial charge in [-0.05, 0) is 40.9 Å². The van der Waals surface area contributed by atoms with E-state index >= 15 is 0 Å². The molecular weight excluding hydrogens is 268 g/mol. The van der Waals surface area contributed by atoms with E-state index in [1.165, 1.54) is 0 Å². The van der Waals surface area contributed by atoms with Gasteiger partial charge in [-0.15, -0.1) is 0 Å². The summed E-state index contributed by atoms with van der Waals surface area (Å²) in [7, 11) is 0. The topological polar surface area (TPSA) is 53.8 Å². The summed E-state index contributed by atoms with van der Waals surface area (Å²) < 4.78 is 0.903. The van der Waals surface area contributed by atoms with Gasteiger partial charge in [-0.25, -0.2) is 0 Å². The van der Waals surface area contributed by atoms with Crippen LogP contribution in [0.4, 0.5) is 0 Å². The second-order valence-electron chi connectivity index (χ2n) is 4.12. The fourth-order valence-electron chi connectivity index (χ4n) is 2.09. The van der Waals surface area contributed by atoms with E-state index in [-0.39, 0.29) is 5.78 Å². The average molecular weight is 279 g/mol. The van der Waals surface area contributed by atoms with Crippen molar-refractivity contribution in [3.8, 4) is 6.07 Å². The van der Waals surface area contributed by atoms with Crippen LogP contribution in [0.1, 0.15) is 25.0 Å². The van der Waals surface area contributed by atoms with Gasteiger partial charge in [-0.1, -0.05) is 0 Å². The first-order valence-electron chi connectivity index (χ1n) is 5.21. The van der Waals surface area contributed by atoms with E-state index in [0.29, 0.717) is 19.3 Å². The minimum absolute atomic E-state index is 0.0692. The average Bonchev–Trinajstić information content (AvgIpc) is 2.64. The third-order valence-electron chi connectivity index (χ3n) is 3.03. The quantitative estimate of drug-likeness (QED) is 0.836. The molecule has 1 heterocycles. The van der Waals surface area contributed by atoms with Crippen molar-refractivity contribution in [1.29, 1.82) is 5.26 Å². The van der Waals surface area contributed by atoms with Crippen molar-refractivity contribution in [3.63, 3.8) is 0 Å². The van der Waals surface area contributed by atoms with Crippen molar-refractivity contribution in [2.75, 3.05) is 0 Å². The maximum Gasteiger partial charge on any atom is 0.153 e. The Hall–Kier alpha value is -1.21. The van der Waals surface area contributed by atoms with Gasteiger partial charge in [0.15, 0.2) is 5.78 Å². The maximum absolute atomic E-state index is 11.7. The van der Waals surface area contributed by atoms with Crippen LogP contribution in [0, 0.1) is 16.7 Å². The minimum Gasteiger partial charge on any atom is -0.298 e. The summed E-state index contributed by atoms with van der Waals surface area (Å²) in [4.78, 5) is 16.0. The molecule has 2 rings (SSSR count). The predicted molar refractivity (Wildman–Crippen MR) is 62.5 cm³/mol. The van der Waals surface area contributed by atoms with Gasteiger partial charge in [-0.3, -0.25) is 9.78 Å².